The smallest absolute Gasteiger partial charge is 0.260 e. The normalized spacial score (nSPS) is 10.2. The lowest BCUT2D eigenvalue weighted by Gasteiger charge is -2.05. The first-order valence-electron chi connectivity index (χ1n) is 4.66. The van der Waals surface area contributed by atoms with Crippen molar-refractivity contribution in [1.29, 1.82) is 0 Å². The number of phenolic OH excluding ortho intramolecular Hbond substituents is 1. The van der Waals surface area contributed by atoms with E-state index >= 15 is 0 Å². The van der Waals surface area contributed by atoms with E-state index < -0.39 is 5.91 Å². The van der Waals surface area contributed by atoms with E-state index in [0.717, 1.165) is 0 Å². The summed E-state index contributed by atoms with van der Waals surface area (Å²) >= 11 is 5.66. The third-order valence-electron chi connectivity index (χ3n) is 2.11. The molecule has 5 N–H and O–H groups in total. The number of H-pyrrole nitrogens is 1. The van der Waals surface area contributed by atoms with E-state index in [4.69, 9.17) is 17.3 Å². The predicted octanol–water partition coefficient (Wildman–Crippen LogP) is 1.60. The van der Waals surface area contributed by atoms with Crippen LogP contribution in [0, 0.1) is 0 Å². The summed E-state index contributed by atoms with van der Waals surface area (Å²) in [6.45, 7) is 0. The molecule has 1 amide bonds. The number of aromatic nitrogens is 2. The van der Waals surface area contributed by atoms with Crippen molar-refractivity contribution in [2.24, 2.45) is 0 Å². The number of aromatic hydroxyl groups is 1. The van der Waals surface area contributed by atoms with Gasteiger partial charge in [0.2, 0.25) is 0 Å². The van der Waals surface area contributed by atoms with Gasteiger partial charge in [-0.2, -0.15) is 5.10 Å². The standard InChI is InChI=1S/C10H9ClN4O2/c11-5-1-2-6(8(16)3-5)10(17)14-9-7(12)4-13-15-9/h1-4,16H,12H2,(H2,13,14,15,17). The monoisotopic (exact) mass is 252 g/mol. The van der Waals surface area contributed by atoms with Crippen molar-refractivity contribution in [2.75, 3.05) is 11.1 Å². The zero-order chi connectivity index (χ0) is 12.4. The number of carbonyl (C=O) groups is 1. The van der Waals surface area contributed by atoms with Crippen molar-refractivity contribution in [1.82, 2.24) is 10.2 Å². The van der Waals surface area contributed by atoms with Crippen molar-refractivity contribution in [3.8, 4) is 5.75 Å². The molecule has 0 spiro atoms. The second kappa shape index (κ2) is 4.34. The molecule has 0 radical (unpaired) electrons. The number of nitrogens with one attached hydrogen (secondary N) is 2. The van der Waals surface area contributed by atoms with Gasteiger partial charge < -0.3 is 16.2 Å². The van der Waals surface area contributed by atoms with Gasteiger partial charge >= 0.3 is 0 Å². The number of nitrogens with zero attached hydrogens (tertiary/aromatic N) is 1. The van der Waals surface area contributed by atoms with Gasteiger partial charge in [0.15, 0.2) is 5.82 Å². The van der Waals surface area contributed by atoms with Crippen LogP contribution in [-0.2, 0) is 0 Å². The van der Waals surface area contributed by atoms with Crippen LogP contribution >= 0.6 is 11.6 Å². The molecule has 0 bridgehead atoms. The van der Waals surface area contributed by atoms with Crippen LogP contribution in [0.5, 0.6) is 5.75 Å². The van der Waals surface area contributed by atoms with E-state index in [1.165, 1.54) is 24.4 Å². The largest absolute Gasteiger partial charge is 0.507 e. The Morgan fingerprint density at radius 1 is 1.53 bits per heavy atom. The van der Waals surface area contributed by atoms with Gasteiger partial charge in [0.25, 0.3) is 5.91 Å². The minimum Gasteiger partial charge on any atom is -0.507 e. The van der Waals surface area contributed by atoms with Gasteiger partial charge in [-0.25, -0.2) is 0 Å². The van der Waals surface area contributed by atoms with Crippen LogP contribution in [0.2, 0.25) is 5.02 Å². The lowest BCUT2D eigenvalue weighted by atomic mass is 10.2. The molecule has 6 nitrogen and oxygen atoms in total. The molecule has 0 aliphatic rings. The Labute approximate surface area is 101 Å². The highest BCUT2D eigenvalue weighted by Crippen LogP contribution is 2.23. The second-order valence-electron chi connectivity index (χ2n) is 3.32. The molecule has 2 aromatic rings. The highest BCUT2D eigenvalue weighted by Gasteiger charge is 2.13. The molecular weight excluding hydrogens is 244 g/mol. The number of hydrogen-bond acceptors (Lipinski definition) is 4. The first-order valence-corrected chi connectivity index (χ1v) is 5.04. The maximum Gasteiger partial charge on any atom is 0.260 e. The van der Waals surface area contributed by atoms with E-state index in [-0.39, 0.29) is 17.1 Å². The third-order valence-corrected chi connectivity index (χ3v) is 2.35. The van der Waals surface area contributed by atoms with Crippen molar-refractivity contribution < 1.29 is 9.90 Å². The summed E-state index contributed by atoms with van der Waals surface area (Å²) in [7, 11) is 0. The van der Waals surface area contributed by atoms with E-state index in [2.05, 4.69) is 15.5 Å². The maximum absolute atomic E-state index is 11.8. The lowest BCUT2D eigenvalue weighted by molar-refractivity contribution is 0.102. The highest BCUT2D eigenvalue weighted by molar-refractivity contribution is 6.31. The molecule has 1 aromatic heterocycles. The lowest BCUT2D eigenvalue weighted by Crippen LogP contribution is -2.13. The Kier molecular flexibility index (Phi) is 2.88. The average molecular weight is 253 g/mol. The molecule has 17 heavy (non-hydrogen) atoms. The molecule has 0 aliphatic carbocycles. The topological polar surface area (TPSA) is 104 Å². The van der Waals surface area contributed by atoms with Crippen LogP contribution in [0.4, 0.5) is 11.5 Å². The van der Waals surface area contributed by atoms with Crippen LogP contribution in [0.25, 0.3) is 0 Å². The molecule has 0 saturated heterocycles. The first kappa shape index (κ1) is 11.3. The molecule has 1 heterocycles. The predicted molar refractivity (Wildman–Crippen MR) is 64.1 cm³/mol. The molecule has 0 atom stereocenters. The molecular formula is C10H9ClN4O2. The van der Waals surface area contributed by atoms with E-state index in [1.54, 1.807) is 0 Å². The van der Waals surface area contributed by atoms with Gasteiger partial charge in [-0.05, 0) is 18.2 Å². The van der Waals surface area contributed by atoms with Gasteiger partial charge in [-0.3, -0.25) is 9.89 Å². The van der Waals surface area contributed by atoms with Crippen LogP contribution in [0.15, 0.2) is 24.4 Å². The molecule has 0 aliphatic heterocycles. The summed E-state index contributed by atoms with van der Waals surface area (Å²) in [5.41, 5.74) is 5.95. The number of carbonyl (C=O) groups excluding carboxylic acids is 1. The number of nitrogens with two attached hydrogens (primary N) is 1. The Morgan fingerprint density at radius 2 is 2.29 bits per heavy atom. The SMILES string of the molecule is Nc1cn[nH]c1NC(=O)c1ccc(Cl)cc1O. The molecule has 2 rings (SSSR count). The maximum atomic E-state index is 11.8. The number of nitrogen functional groups attached to an aromatic ring is 1. The average Bonchev–Trinajstić information content (AvgIpc) is 2.64. The minimum atomic E-state index is -0.505. The van der Waals surface area contributed by atoms with Crippen LogP contribution in [0.1, 0.15) is 10.4 Å². The number of phenols is 1. The highest BCUT2D eigenvalue weighted by atomic mass is 35.5. The fourth-order valence-electron chi connectivity index (χ4n) is 1.27. The zero-order valence-electron chi connectivity index (χ0n) is 8.57. The number of benzene rings is 1. The summed E-state index contributed by atoms with van der Waals surface area (Å²) in [5.74, 6) is -0.424. The van der Waals surface area contributed by atoms with Crippen LogP contribution in [0.3, 0.4) is 0 Å². The molecule has 88 valence electrons. The van der Waals surface area contributed by atoms with Crippen LogP contribution in [-0.4, -0.2) is 21.2 Å². The Bertz CT molecular complexity index is 567. The van der Waals surface area contributed by atoms with Gasteiger partial charge in [0.05, 0.1) is 17.4 Å². The first-order chi connectivity index (χ1) is 8.08. The zero-order valence-corrected chi connectivity index (χ0v) is 9.32. The number of rotatable bonds is 2. The summed E-state index contributed by atoms with van der Waals surface area (Å²) in [6, 6.07) is 4.21. The minimum absolute atomic E-state index is 0.100. The van der Waals surface area contributed by atoms with Gasteiger partial charge in [0, 0.05) is 5.02 Å². The van der Waals surface area contributed by atoms with Gasteiger partial charge in [0.1, 0.15) is 5.75 Å². The van der Waals surface area contributed by atoms with Crippen LogP contribution < -0.4 is 11.1 Å². The summed E-state index contributed by atoms with van der Waals surface area (Å²) in [4.78, 5) is 11.8. The van der Waals surface area contributed by atoms with E-state index in [0.29, 0.717) is 10.7 Å². The van der Waals surface area contributed by atoms with Gasteiger partial charge in [-0.15, -0.1) is 0 Å². The summed E-state index contributed by atoms with van der Waals surface area (Å²) in [6.07, 6.45) is 1.37. The number of halogens is 1. The Morgan fingerprint density at radius 3 is 2.88 bits per heavy atom. The third kappa shape index (κ3) is 2.31. The van der Waals surface area contributed by atoms with E-state index in [1.807, 2.05) is 0 Å². The molecule has 0 fully saturated rings. The van der Waals surface area contributed by atoms with E-state index in [9.17, 15) is 9.90 Å². The molecule has 0 saturated carbocycles. The number of anilines is 2. The van der Waals surface area contributed by atoms with Crippen molar-refractivity contribution in [3.63, 3.8) is 0 Å². The molecule has 7 heteroatoms. The Balaban J connectivity index is 2.23. The number of hydrogen-bond donors (Lipinski definition) is 4. The van der Waals surface area contributed by atoms with Gasteiger partial charge in [-0.1, -0.05) is 11.6 Å². The van der Waals surface area contributed by atoms with Crippen molar-refractivity contribution in [2.45, 2.75) is 0 Å². The second-order valence-corrected chi connectivity index (χ2v) is 3.75. The van der Waals surface area contributed by atoms with Crippen molar-refractivity contribution >= 4 is 29.0 Å². The Hall–Kier alpha value is -2.21. The fourth-order valence-corrected chi connectivity index (χ4v) is 1.44. The summed E-state index contributed by atoms with van der Waals surface area (Å²) in [5, 5.41) is 18.6. The van der Waals surface area contributed by atoms with Crippen molar-refractivity contribution in [3.05, 3.63) is 35.0 Å². The fraction of sp³-hybridized carbons (Fsp3) is 0. The molecule has 0 unspecified atom stereocenters. The number of aromatic amines is 1. The molecule has 1 aromatic carbocycles. The quantitative estimate of drug-likeness (QED) is 0.652. The number of amides is 1. The summed E-state index contributed by atoms with van der Waals surface area (Å²) < 4.78 is 0.